The maximum absolute atomic E-state index is 5.75. The SMILES string of the molecule is Cc1ccc(C2CNC(C)CO2)cc1. The average Bonchev–Trinajstić information content (AvgIpc) is 2.21. The van der Waals surface area contributed by atoms with Crippen molar-refractivity contribution in [2.75, 3.05) is 13.2 Å². The second kappa shape index (κ2) is 4.11. The number of hydrogen-bond acceptors (Lipinski definition) is 2. The molecule has 0 aromatic heterocycles. The van der Waals surface area contributed by atoms with Crippen LogP contribution in [0, 0.1) is 6.92 Å². The molecule has 0 saturated carbocycles. The van der Waals surface area contributed by atoms with Crippen LogP contribution in [0.2, 0.25) is 0 Å². The van der Waals surface area contributed by atoms with Crippen molar-refractivity contribution in [1.82, 2.24) is 5.32 Å². The number of nitrogens with one attached hydrogen (secondary N) is 1. The van der Waals surface area contributed by atoms with Gasteiger partial charge in [0.15, 0.2) is 0 Å². The lowest BCUT2D eigenvalue weighted by Crippen LogP contribution is -2.40. The summed E-state index contributed by atoms with van der Waals surface area (Å²) < 4.78 is 5.75. The number of morpholine rings is 1. The molecule has 1 N–H and O–H groups in total. The Morgan fingerprint density at radius 2 is 2.00 bits per heavy atom. The summed E-state index contributed by atoms with van der Waals surface area (Å²) in [6, 6.07) is 9.06. The summed E-state index contributed by atoms with van der Waals surface area (Å²) in [6.07, 6.45) is 0.229. The molecule has 1 aromatic carbocycles. The van der Waals surface area contributed by atoms with Gasteiger partial charge in [0, 0.05) is 12.6 Å². The third kappa shape index (κ3) is 2.14. The Hall–Kier alpha value is -0.860. The largest absolute Gasteiger partial charge is 0.371 e. The number of aryl methyl sites for hydroxylation is 1. The highest BCUT2D eigenvalue weighted by molar-refractivity contribution is 5.23. The lowest BCUT2D eigenvalue weighted by molar-refractivity contribution is 0.00695. The third-order valence-electron chi connectivity index (χ3n) is 2.65. The Kier molecular flexibility index (Phi) is 2.85. The van der Waals surface area contributed by atoms with E-state index in [1.807, 2.05) is 0 Å². The zero-order chi connectivity index (χ0) is 9.97. The Morgan fingerprint density at radius 3 is 2.57 bits per heavy atom. The third-order valence-corrected chi connectivity index (χ3v) is 2.65. The van der Waals surface area contributed by atoms with Crippen molar-refractivity contribution in [1.29, 1.82) is 0 Å². The van der Waals surface area contributed by atoms with Crippen LogP contribution in [0.3, 0.4) is 0 Å². The monoisotopic (exact) mass is 191 g/mol. The van der Waals surface area contributed by atoms with Crippen LogP contribution in [0.1, 0.15) is 24.2 Å². The van der Waals surface area contributed by atoms with Gasteiger partial charge in [0.25, 0.3) is 0 Å². The molecule has 2 heteroatoms. The van der Waals surface area contributed by atoms with E-state index in [4.69, 9.17) is 4.74 Å². The summed E-state index contributed by atoms with van der Waals surface area (Å²) in [6.45, 7) is 5.97. The van der Waals surface area contributed by atoms with Crippen LogP contribution >= 0.6 is 0 Å². The molecule has 0 amide bonds. The molecular weight excluding hydrogens is 174 g/mol. The van der Waals surface area contributed by atoms with Gasteiger partial charge in [-0.1, -0.05) is 29.8 Å². The van der Waals surface area contributed by atoms with Gasteiger partial charge in [-0.15, -0.1) is 0 Å². The van der Waals surface area contributed by atoms with Crippen LogP contribution in [-0.2, 0) is 4.74 Å². The highest BCUT2D eigenvalue weighted by Crippen LogP contribution is 2.20. The van der Waals surface area contributed by atoms with Crippen molar-refractivity contribution in [3.05, 3.63) is 35.4 Å². The smallest absolute Gasteiger partial charge is 0.0950 e. The predicted octanol–water partition coefficient (Wildman–Crippen LogP) is 2.04. The zero-order valence-electron chi connectivity index (χ0n) is 8.79. The standard InChI is InChI=1S/C12H17NO/c1-9-3-5-11(6-4-9)12-7-13-10(2)8-14-12/h3-6,10,12-13H,7-8H2,1-2H3. The van der Waals surface area contributed by atoms with Gasteiger partial charge in [0.1, 0.15) is 0 Å². The van der Waals surface area contributed by atoms with Gasteiger partial charge in [-0.25, -0.2) is 0 Å². The summed E-state index contributed by atoms with van der Waals surface area (Å²) >= 11 is 0. The van der Waals surface area contributed by atoms with Crippen molar-refractivity contribution >= 4 is 0 Å². The maximum atomic E-state index is 5.75. The molecule has 1 heterocycles. The van der Waals surface area contributed by atoms with Crippen LogP contribution in [-0.4, -0.2) is 19.2 Å². The second-order valence-corrected chi connectivity index (χ2v) is 4.04. The molecule has 0 aliphatic carbocycles. The van der Waals surface area contributed by atoms with E-state index in [2.05, 4.69) is 43.4 Å². The van der Waals surface area contributed by atoms with Crippen LogP contribution in [0.25, 0.3) is 0 Å². The van der Waals surface area contributed by atoms with E-state index in [0.717, 1.165) is 13.2 Å². The topological polar surface area (TPSA) is 21.3 Å². The molecule has 0 spiro atoms. The Labute approximate surface area is 85.3 Å². The minimum Gasteiger partial charge on any atom is -0.371 e. The molecule has 2 unspecified atom stereocenters. The van der Waals surface area contributed by atoms with Crippen molar-refractivity contribution < 1.29 is 4.74 Å². The minimum absolute atomic E-state index is 0.229. The molecular formula is C12H17NO. The molecule has 1 fully saturated rings. The van der Waals surface area contributed by atoms with Gasteiger partial charge in [-0.05, 0) is 19.4 Å². The van der Waals surface area contributed by atoms with Gasteiger partial charge < -0.3 is 10.1 Å². The molecule has 1 aliphatic rings. The maximum Gasteiger partial charge on any atom is 0.0950 e. The molecule has 1 aliphatic heterocycles. The van der Waals surface area contributed by atoms with E-state index in [1.165, 1.54) is 11.1 Å². The van der Waals surface area contributed by atoms with E-state index >= 15 is 0 Å². The van der Waals surface area contributed by atoms with Gasteiger partial charge >= 0.3 is 0 Å². The molecule has 2 nitrogen and oxygen atoms in total. The molecule has 2 atom stereocenters. The van der Waals surface area contributed by atoms with Crippen molar-refractivity contribution in [2.24, 2.45) is 0 Å². The van der Waals surface area contributed by atoms with Crippen LogP contribution in [0.5, 0.6) is 0 Å². The fourth-order valence-corrected chi connectivity index (χ4v) is 1.68. The number of benzene rings is 1. The number of ether oxygens (including phenoxy) is 1. The molecule has 0 radical (unpaired) electrons. The normalized spacial score (nSPS) is 27.6. The van der Waals surface area contributed by atoms with E-state index < -0.39 is 0 Å². The first-order valence-corrected chi connectivity index (χ1v) is 5.17. The Balaban J connectivity index is 2.05. The van der Waals surface area contributed by atoms with Gasteiger partial charge in [0.05, 0.1) is 12.7 Å². The first-order valence-electron chi connectivity index (χ1n) is 5.17. The Bertz CT molecular complexity index is 286. The molecule has 2 rings (SSSR count). The van der Waals surface area contributed by atoms with E-state index in [-0.39, 0.29) is 6.10 Å². The molecule has 1 aromatic rings. The summed E-state index contributed by atoms with van der Waals surface area (Å²) in [5, 5.41) is 3.42. The van der Waals surface area contributed by atoms with Crippen LogP contribution < -0.4 is 5.32 Å². The van der Waals surface area contributed by atoms with Crippen LogP contribution in [0.4, 0.5) is 0 Å². The highest BCUT2D eigenvalue weighted by atomic mass is 16.5. The average molecular weight is 191 g/mol. The summed E-state index contributed by atoms with van der Waals surface area (Å²) in [5.74, 6) is 0. The first kappa shape index (κ1) is 9.69. The molecule has 0 bridgehead atoms. The molecule has 76 valence electrons. The van der Waals surface area contributed by atoms with Gasteiger partial charge in [-0.3, -0.25) is 0 Å². The molecule has 1 saturated heterocycles. The fourth-order valence-electron chi connectivity index (χ4n) is 1.68. The lowest BCUT2D eigenvalue weighted by atomic mass is 10.1. The molecule has 14 heavy (non-hydrogen) atoms. The number of hydrogen-bond donors (Lipinski definition) is 1. The second-order valence-electron chi connectivity index (χ2n) is 4.04. The number of rotatable bonds is 1. The van der Waals surface area contributed by atoms with Crippen LogP contribution in [0.15, 0.2) is 24.3 Å². The first-order chi connectivity index (χ1) is 6.75. The lowest BCUT2D eigenvalue weighted by Gasteiger charge is -2.28. The summed E-state index contributed by atoms with van der Waals surface area (Å²) in [7, 11) is 0. The van der Waals surface area contributed by atoms with Gasteiger partial charge in [-0.2, -0.15) is 0 Å². The van der Waals surface area contributed by atoms with Crippen molar-refractivity contribution in [3.8, 4) is 0 Å². The quantitative estimate of drug-likeness (QED) is 0.733. The van der Waals surface area contributed by atoms with E-state index in [1.54, 1.807) is 0 Å². The van der Waals surface area contributed by atoms with E-state index in [9.17, 15) is 0 Å². The van der Waals surface area contributed by atoms with Crippen molar-refractivity contribution in [3.63, 3.8) is 0 Å². The fraction of sp³-hybridized carbons (Fsp3) is 0.500. The van der Waals surface area contributed by atoms with Gasteiger partial charge in [0.2, 0.25) is 0 Å². The van der Waals surface area contributed by atoms with Crippen molar-refractivity contribution in [2.45, 2.75) is 26.0 Å². The Morgan fingerprint density at radius 1 is 1.29 bits per heavy atom. The summed E-state index contributed by atoms with van der Waals surface area (Å²) in [4.78, 5) is 0. The predicted molar refractivity (Wildman–Crippen MR) is 57.3 cm³/mol. The highest BCUT2D eigenvalue weighted by Gasteiger charge is 2.18. The van der Waals surface area contributed by atoms with E-state index in [0.29, 0.717) is 6.04 Å². The zero-order valence-corrected chi connectivity index (χ0v) is 8.79. The minimum atomic E-state index is 0.229. The summed E-state index contributed by atoms with van der Waals surface area (Å²) in [5.41, 5.74) is 2.57.